The first-order valence-corrected chi connectivity index (χ1v) is 5.37. The summed E-state index contributed by atoms with van der Waals surface area (Å²) in [5.74, 6) is 4.97. The highest BCUT2D eigenvalue weighted by molar-refractivity contribution is 5.81. The summed E-state index contributed by atoms with van der Waals surface area (Å²) in [6, 6.07) is 0.204. The SMILES string of the molecule is CC(C)(CN1CCCC1CO)C(=O)NN. The van der Waals surface area contributed by atoms with Crippen molar-refractivity contribution in [2.45, 2.75) is 32.7 Å². The Hall–Kier alpha value is -0.650. The average Bonchev–Trinajstić information content (AvgIpc) is 2.63. The van der Waals surface area contributed by atoms with Crippen molar-refractivity contribution in [3.8, 4) is 0 Å². The number of aliphatic hydroxyl groups excluding tert-OH is 1. The number of hydrogen-bond acceptors (Lipinski definition) is 4. The smallest absolute Gasteiger partial charge is 0.240 e. The predicted octanol–water partition coefficient (Wildman–Crippen LogP) is -0.541. The molecule has 0 spiro atoms. The third kappa shape index (κ3) is 2.90. The molecule has 5 heteroatoms. The molecular weight excluding hydrogens is 194 g/mol. The van der Waals surface area contributed by atoms with Gasteiger partial charge in [-0.25, -0.2) is 5.84 Å². The first kappa shape index (κ1) is 12.4. The van der Waals surface area contributed by atoms with E-state index < -0.39 is 5.41 Å². The van der Waals surface area contributed by atoms with Gasteiger partial charge in [-0.3, -0.25) is 15.1 Å². The normalized spacial score (nSPS) is 23.1. The molecule has 0 aliphatic carbocycles. The quantitative estimate of drug-likeness (QED) is 0.334. The zero-order valence-corrected chi connectivity index (χ0v) is 9.49. The molecule has 0 bridgehead atoms. The van der Waals surface area contributed by atoms with Gasteiger partial charge >= 0.3 is 0 Å². The van der Waals surface area contributed by atoms with Crippen molar-refractivity contribution >= 4 is 5.91 Å². The second-order valence-electron chi connectivity index (χ2n) is 4.81. The third-order valence-corrected chi connectivity index (χ3v) is 3.05. The van der Waals surface area contributed by atoms with Crippen LogP contribution in [-0.4, -0.2) is 41.7 Å². The number of amides is 1. The number of carbonyl (C=O) groups excluding carboxylic acids is 1. The van der Waals surface area contributed by atoms with Crippen LogP contribution in [0.15, 0.2) is 0 Å². The van der Waals surface area contributed by atoms with Crippen molar-refractivity contribution in [1.29, 1.82) is 0 Å². The van der Waals surface area contributed by atoms with Gasteiger partial charge in [-0.1, -0.05) is 0 Å². The van der Waals surface area contributed by atoms with Gasteiger partial charge in [-0.05, 0) is 33.2 Å². The predicted molar refractivity (Wildman–Crippen MR) is 57.8 cm³/mol. The molecule has 0 aromatic carbocycles. The van der Waals surface area contributed by atoms with E-state index in [0.717, 1.165) is 19.4 Å². The van der Waals surface area contributed by atoms with Gasteiger partial charge < -0.3 is 5.11 Å². The molecule has 0 aromatic rings. The summed E-state index contributed by atoms with van der Waals surface area (Å²) in [7, 11) is 0. The highest BCUT2D eigenvalue weighted by Gasteiger charge is 2.34. The van der Waals surface area contributed by atoms with E-state index in [4.69, 9.17) is 10.9 Å². The van der Waals surface area contributed by atoms with E-state index >= 15 is 0 Å². The fraction of sp³-hybridized carbons (Fsp3) is 0.900. The Morgan fingerprint density at radius 1 is 1.67 bits per heavy atom. The molecule has 0 aromatic heterocycles. The van der Waals surface area contributed by atoms with Crippen LogP contribution in [0.5, 0.6) is 0 Å². The van der Waals surface area contributed by atoms with Crippen molar-refractivity contribution < 1.29 is 9.90 Å². The third-order valence-electron chi connectivity index (χ3n) is 3.05. The average molecular weight is 215 g/mol. The van der Waals surface area contributed by atoms with Crippen molar-refractivity contribution in [2.24, 2.45) is 11.3 Å². The second-order valence-corrected chi connectivity index (χ2v) is 4.81. The van der Waals surface area contributed by atoms with E-state index in [1.807, 2.05) is 13.8 Å². The van der Waals surface area contributed by atoms with E-state index in [1.54, 1.807) is 0 Å². The fourth-order valence-electron chi connectivity index (χ4n) is 2.08. The summed E-state index contributed by atoms with van der Waals surface area (Å²) in [4.78, 5) is 13.7. The zero-order chi connectivity index (χ0) is 11.5. The summed E-state index contributed by atoms with van der Waals surface area (Å²) < 4.78 is 0. The number of rotatable bonds is 4. The van der Waals surface area contributed by atoms with E-state index in [0.29, 0.717) is 6.54 Å². The highest BCUT2D eigenvalue weighted by Crippen LogP contribution is 2.24. The molecule has 1 aliphatic heterocycles. The lowest BCUT2D eigenvalue weighted by atomic mass is 9.91. The Balaban J connectivity index is 2.56. The second kappa shape index (κ2) is 4.92. The van der Waals surface area contributed by atoms with Gasteiger partial charge in [0.05, 0.1) is 12.0 Å². The molecule has 1 saturated heterocycles. The molecule has 1 rings (SSSR count). The Morgan fingerprint density at radius 2 is 2.33 bits per heavy atom. The number of nitrogens with zero attached hydrogens (tertiary/aromatic N) is 1. The molecule has 88 valence electrons. The van der Waals surface area contributed by atoms with Crippen LogP contribution in [0.2, 0.25) is 0 Å². The van der Waals surface area contributed by atoms with E-state index in [2.05, 4.69) is 10.3 Å². The van der Waals surface area contributed by atoms with Crippen LogP contribution in [0.4, 0.5) is 0 Å². The Labute approximate surface area is 90.6 Å². The van der Waals surface area contributed by atoms with Gasteiger partial charge in [-0.2, -0.15) is 0 Å². The van der Waals surface area contributed by atoms with Crippen LogP contribution in [0.3, 0.4) is 0 Å². The minimum Gasteiger partial charge on any atom is -0.395 e. The van der Waals surface area contributed by atoms with Crippen LogP contribution in [0.25, 0.3) is 0 Å². The molecule has 5 nitrogen and oxygen atoms in total. The lowest BCUT2D eigenvalue weighted by molar-refractivity contribution is -0.130. The Bertz CT molecular complexity index is 231. The summed E-state index contributed by atoms with van der Waals surface area (Å²) in [5, 5.41) is 9.16. The van der Waals surface area contributed by atoms with Gasteiger partial charge in [0.1, 0.15) is 0 Å². The number of carbonyl (C=O) groups is 1. The summed E-state index contributed by atoms with van der Waals surface area (Å²) in [6.45, 7) is 5.48. The Kier molecular flexibility index (Phi) is 4.07. The Morgan fingerprint density at radius 3 is 2.87 bits per heavy atom. The molecule has 1 atom stereocenters. The summed E-state index contributed by atoms with van der Waals surface area (Å²) >= 11 is 0. The molecule has 15 heavy (non-hydrogen) atoms. The number of hydrazine groups is 1. The molecular formula is C10H21N3O2. The molecule has 0 radical (unpaired) electrons. The molecule has 0 saturated carbocycles. The van der Waals surface area contributed by atoms with Crippen molar-refractivity contribution in [1.82, 2.24) is 10.3 Å². The first-order valence-electron chi connectivity index (χ1n) is 5.37. The maximum Gasteiger partial charge on any atom is 0.240 e. The molecule has 1 amide bonds. The minimum atomic E-state index is -0.507. The van der Waals surface area contributed by atoms with Crippen LogP contribution in [-0.2, 0) is 4.79 Å². The maximum absolute atomic E-state index is 11.5. The number of nitrogens with one attached hydrogen (secondary N) is 1. The largest absolute Gasteiger partial charge is 0.395 e. The molecule has 1 fully saturated rings. The standard InChI is InChI=1S/C10H21N3O2/c1-10(2,9(15)12-11)7-13-5-3-4-8(13)6-14/h8,14H,3-7,11H2,1-2H3,(H,12,15). The zero-order valence-electron chi connectivity index (χ0n) is 9.49. The molecule has 1 unspecified atom stereocenters. The van der Waals surface area contributed by atoms with Gasteiger partial charge in [0.25, 0.3) is 0 Å². The van der Waals surface area contributed by atoms with E-state index in [-0.39, 0.29) is 18.6 Å². The molecule has 1 aliphatic rings. The number of likely N-dealkylation sites (tertiary alicyclic amines) is 1. The van der Waals surface area contributed by atoms with Crippen molar-refractivity contribution in [3.63, 3.8) is 0 Å². The van der Waals surface area contributed by atoms with E-state index in [1.165, 1.54) is 0 Å². The first-order chi connectivity index (χ1) is 7.01. The van der Waals surface area contributed by atoms with Crippen LogP contribution in [0, 0.1) is 5.41 Å². The maximum atomic E-state index is 11.5. The van der Waals surface area contributed by atoms with E-state index in [9.17, 15) is 4.79 Å². The minimum absolute atomic E-state index is 0.161. The fourth-order valence-corrected chi connectivity index (χ4v) is 2.08. The van der Waals surface area contributed by atoms with Gasteiger partial charge in [0.2, 0.25) is 5.91 Å². The topological polar surface area (TPSA) is 78.6 Å². The summed E-state index contributed by atoms with van der Waals surface area (Å²) in [6.07, 6.45) is 2.10. The summed E-state index contributed by atoms with van der Waals surface area (Å²) in [5.41, 5.74) is 1.68. The van der Waals surface area contributed by atoms with Crippen LogP contribution >= 0.6 is 0 Å². The number of hydrogen-bond donors (Lipinski definition) is 3. The molecule has 1 heterocycles. The highest BCUT2D eigenvalue weighted by atomic mass is 16.3. The van der Waals surface area contributed by atoms with Gasteiger partial charge in [0.15, 0.2) is 0 Å². The lowest BCUT2D eigenvalue weighted by Crippen LogP contribution is -2.48. The van der Waals surface area contributed by atoms with Crippen LogP contribution < -0.4 is 11.3 Å². The van der Waals surface area contributed by atoms with Gasteiger partial charge in [-0.15, -0.1) is 0 Å². The van der Waals surface area contributed by atoms with Crippen molar-refractivity contribution in [3.05, 3.63) is 0 Å². The van der Waals surface area contributed by atoms with Crippen LogP contribution in [0.1, 0.15) is 26.7 Å². The number of nitrogens with two attached hydrogens (primary N) is 1. The number of aliphatic hydroxyl groups is 1. The monoisotopic (exact) mass is 215 g/mol. The van der Waals surface area contributed by atoms with Crippen molar-refractivity contribution in [2.75, 3.05) is 19.7 Å². The molecule has 4 N–H and O–H groups in total. The van der Waals surface area contributed by atoms with Gasteiger partial charge in [0, 0.05) is 12.6 Å². The lowest BCUT2D eigenvalue weighted by Gasteiger charge is -2.31.